The Morgan fingerprint density at radius 2 is 0.199 bits per heavy atom. The molecule has 0 fully saturated rings. The molecule has 0 rings (SSSR count). The van der Waals surface area contributed by atoms with Crippen molar-refractivity contribution >= 4 is 0 Å². The van der Waals surface area contributed by atoms with Crippen LogP contribution in [0.25, 0.3) is 0 Å². The van der Waals surface area contributed by atoms with Crippen molar-refractivity contribution in [2.45, 2.75) is 653 Å². The molecule has 0 spiro atoms. The van der Waals surface area contributed by atoms with E-state index in [4.69, 9.17) is 0 Å². The van der Waals surface area contributed by atoms with Crippen molar-refractivity contribution in [1.82, 2.24) is 19.6 Å². The van der Waals surface area contributed by atoms with Gasteiger partial charge in [0, 0.05) is 26.2 Å². The summed E-state index contributed by atoms with van der Waals surface area (Å²) in [5.41, 5.74) is 0. The monoisotopic (exact) mass is 1980 g/mol. The molecule has 0 unspecified atom stereocenters. The Kier molecular flexibility index (Phi) is 146. The number of aliphatic hydroxyl groups excluding tert-OH is 4. The summed E-state index contributed by atoms with van der Waals surface area (Å²) in [7, 11) is 0. The van der Waals surface area contributed by atoms with Crippen molar-refractivity contribution in [1.29, 1.82) is 0 Å². The van der Waals surface area contributed by atoms with Crippen molar-refractivity contribution < 1.29 is 20.4 Å². The van der Waals surface area contributed by atoms with Crippen LogP contribution >= 0.6 is 0 Å². The molecule has 0 atom stereocenters. The number of rotatable bonds is 117. The summed E-state index contributed by atoms with van der Waals surface area (Å²) >= 11 is 0. The van der Waals surface area contributed by atoms with Gasteiger partial charge < -0.3 is 40.0 Å². The fourth-order valence-electron chi connectivity index (χ4n) is 19.4. The molecule has 0 saturated carbocycles. The van der Waals surface area contributed by atoms with Crippen LogP contribution in [-0.4, -0.2) is 145 Å². The Balaban J connectivity index is -0.000000891. The highest BCUT2D eigenvalue weighted by Crippen LogP contribution is 2.21. The van der Waals surface area contributed by atoms with Gasteiger partial charge in [-0.2, -0.15) is 0 Å². The van der Waals surface area contributed by atoms with Gasteiger partial charge in [-0.1, -0.05) is 570 Å². The topological polar surface area (TPSA) is 93.9 Å². The van der Waals surface area contributed by atoms with Crippen molar-refractivity contribution in [2.75, 3.05) is 105 Å². The van der Waals surface area contributed by atoms with Gasteiger partial charge >= 0.3 is 0 Å². The normalized spacial score (nSPS) is 12.1. The number of nitrogens with zero attached hydrogens (tertiary/aromatic N) is 4. The largest absolute Gasteiger partial charge is 0.395 e. The molecule has 4 N–H and O–H groups in total. The van der Waals surface area contributed by atoms with Gasteiger partial charge in [0.15, 0.2) is 0 Å². The molecule has 8 heteroatoms. The minimum atomic E-state index is 0.304. The van der Waals surface area contributed by atoms with Gasteiger partial charge in [0.1, 0.15) is 0 Å². The van der Waals surface area contributed by atoms with Crippen LogP contribution in [0.2, 0.25) is 0 Å². The van der Waals surface area contributed by atoms with Crippen molar-refractivity contribution in [3.05, 3.63) is 97.2 Å². The van der Waals surface area contributed by atoms with E-state index in [1.165, 1.54) is 624 Å². The third-order valence-corrected chi connectivity index (χ3v) is 28.9. The number of hydrogen-bond donors (Lipinski definition) is 4. The van der Waals surface area contributed by atoms with Gasteiger partial charge in [-0.15, -0.1) is 0 Å². The first-order valence-electron chi connectivity index (χ1n) is 64.4. The maximum Gasteiger partial charge on any atom is 0.0558 e. The predicted octanol–water partition coefficient (Wildman–Crippen LogP) is 42.0. The second-order valence-electron chi connectivity index (χ2n) is 43.1. The number of hydrogen-bond acceptors (Lipinski definition) is 8. The highest BCUT2D eigenvalue weighted by atomic mass is 16.3. The molecule has 8 nitrogen and oxygen atoms in total. The molecule has 0 aromatic rings. The lowest BCUT2D eigenvalue weighted by atomic mass is 10.0. The molecule has 0 heterocycles. The summed E-state index contributed by atoms with van der Waals surface area (Å²) in [6.45, 7) is 32.3. The summed E-state index contributed by atoms with van der Waals surface area (Å²) < 4.78 is 0. The van der Waals surface area contributed by atoms with E-state index in [-0.39, 0.29) is 0 Å². The summed E-state index contributed by atoms with van der Waals surface area (Å²) in [5, 5.41) is 37.6. The molecule has 0 aromatic heterocycles. The van der Waals surface area contributed by atoms with Gasteiger partial charge in [-0.25, -0.2) is 0 Å². The fraction of sp³-hybridized carbons (Fsp3) is 0.880. The molecule has 0 saturated heterocycles. The first-order valence-corrected chi connectivity index (χ1v) is 64.4. The number of aliphatic hydroxyl groups is 4. The quantitative estimate of drug-likeness (QED) is 0.0354. The van der Waals surface area contributed by atoms with Gasteiger partial charge in [0.25, 0.3) is 0 Å². The highest BCUT2D eigenvalue weighted by Gasteiger charge is 2.10. The second-order valence-corrected chi connectivity index (χ2v) is 43.1. The Labute approximate surface area is 889 Å². The van der Waals surface area contributed by atoms with Gasteiger partial charge in [-0.05, 0) is 232 Å². The van der Waals surface area contributed by atoms with Gasteiger partial charge in [-0.3, -0.25) is 0 Å². The molecule has 141 heavy (non-hydrogen) atoms. The molecular weight excluding hydrogens is 1720 g/mol. The van der Waals surface area contributed by atoms with E-state index < -0.39 is 0 Å². The van der Waals surface area contributed by atoms with Crippen LogP contribution in [0, 0.1) is 0 Å². The van der Waals surface area contributed by atoms with E-state index in [0.717, 1.165) is 51.9 Å². The summed E-state index contributed by atoms with van der Waals surface area (Å²) in [4.78, 5) is 9.98. The first kappa shape index (κ1) is 145. The van der Waals surface area contributed by atoms with E-state index in [1.54, 1.807) is 0 Å². The third-order valence-electron chi connectivity index (χ3n) is 28.9. The van der Waals surface area contributed by atoms with Crippen LogP contribution in [0.3, 0.4) is 0 Å². The average molecular weight is 1980 g/mol. The lowest BCUT2D eigenvalue weighted by Crippen LogP contribution is -2.29. The minimum absolute atomic E-state index is 0.304. The minimum Gasteiger partial charge on any atom is -0.395 e. The van der Waals surface area contributed by atoms with Crippen LogP contribution in [0.15, 0.2) is 97.2 Å². The molecular formula is C133H262N4O4. The Morgan fingerprint density at radius 3 is 0.312 bits per heavy atom. The molecule has 838 valence electrons. The van der Waals surface area contributed by atoms with E-state index in [0.29, 0.717) is 26.4 Å². The van der Waals surface area contributed by atoms with Crippen LogP contribution in [0.4, 0.5) is 0 Å². The standard InChI is InChI=1S/C38H75NO.C34H67NO.C32H63NO.C29H57NO/c1-3-5-7-9-11-13-15-17-19-21-23-25-27-29-31-33-35-39(37-38-40)36-34-32-30-28-26-24-22-20-18-16-14-12-10-8-6-4-2;1-3-5-7-9-11-13-15-17-18-19-20-22-24-26-28-30-32-35(33-34-36)31-29-27-25-23-21-16-14-12-10-8-6-4-2;1-3-5-7-9-11-13-15-16-17-18-19-20-22-24-26-28-30-33(31-32-34)29-27-25-23-21-14-12-10-8-6-4-2;1-3-5-7-9-11-12-13-14-15-16-17-18-19-21-23-25-27-30(28-29-31)26-24-22-20-10-8-6-4-2/h11,13,17,19,40H,3-10,12,14-16,18,20-38H2,1-2H3;11,13,17-18,36H,3-10,12,14-16,19-34H2,1-2H3;11,13,16-17,34H,3-10,12,14-15,18-32H2,1-2H3;11-12,14-15,31H,3-10,13,16-29H2,1-2H3/b13-11-,19-17-;13-11-,18-17-;13-11-,17-16-;12-11-,15-14-. The Hall–Kier alpha value is -2.40. The molecule has 0 aliphatic rings. The Morgan fingerprint density at radius 1 is 0.106 bits per heavy atom. The Bertz CT molecular complexity index is 2380. The van der Waals surface area contributed by atoms with E-state index >= 15 is 0 Å². The maximum absolute atomic E-state index is 9.46. The van der Waals surface area contributed by atoms with Crippen LogP contribution in [0.1, 0.15) is 653 Å². The molecule has 0 aliphatic heterocycles. The molecule has 0 radical (unpaired) electrons. The lowest BCUT2D eigenvalue weighted by molar-refractivity contribution is 0.190. The SMILES string of the molecule is CCCCC/C=C\C/C=C\CCCCCCCCN(CCO)CCCCCCCCC.CCCCC/C=C\C/C=C\CCCCCCCCN(CCO)CCCCCCCCCCCC.CCCCC/C=C\C/C=C\CCCCCCCCN(CCO)CCCCCCCCCCCCCC.CCCCC/C=C\C/C=C\CCCCCCCCN(CCO)CCCCCCCCCCCCCCCCCC. The predicted molar refractivity (Wildman–Crippen MR) is 642 cm³/mol. The zero-order valence-electron chi connectivity index (χ0n) is 97.9. The zero-order valence-corrected chi connectivity index (χ0v) is 97.9. The van der Waals surface area contributed by atoms with Gasteiger partial charge in [0.2, 0.25) is 0 Å². The second kappa shape index (κ2) is 142. The first-order chi connectivity index (χ1) is 69.9. The van der Waals surface area contributed by atoms with Crippen LogP contribution < -0.4 is 0 Å². The molecule has 0 aliphatic carbocycles. The van der Waals surface area contributed by atoms with Crippen molar-refractivity contribution in [2.24, 2.45) is 0 Å². The van der Waals surface area contributed by atoms with Gasteiger partial charge in [0.05, 0.1) is 26.4 Å². The van der Waals surface area contributed by atoms with E-state index in [9.17, 15) is 20.4 Å². The summed E-state index contributed by atoms with van der Waals surface area (Å²) in [5.74, 6) is 0. The van der Waals surface area contributed by atoms with Crippen molar-refractivity contribution in [3.63, 3.8) is 0 Å². The fourth-order valence-corrected chi connectivity index (χ4v) is 19.4. The highest BCUT2D eigenvalue weighted by molar-refractivity contribution is 4.96. The number of allylic oxidation sites excluding steroid dienone is 16. The third kappa shape index (κ3) is 140. The van der Waals surface area contributed by atoms with E-state index in [2.05, 4.69) is 172 Å². The van der Waals surface area contributed by atoms with Crippen molar-refractivity contribution in [3.8, 4) is 0 Å². The maximum atomic E-state index is 9.46. The molecule has 0 aromatic carbocycles. The smallest absolute Gasteiger partial charge is 0.0558 e. The van der Waals surface area contributed by atoms with E-state index in [1.807, 2.05) is 0 Å². The molecule has 0 bridgehead atoms. The summed E-state index contributed by atoms with van der Waals surface area (Å²) in [6, 6.07) is 0. The number of unbranched alkanes of at least 4 members (excludes halogenated alkanes) is 77. The zero-order chi connectivity index (χ0) is 103. The molecule has 0 amide bonds. The van der Waals surface area contributed by atoms with Crippen LogP contribution in [-0.2, 0) is 0 Å². The summed E-state index contributed by atoms with van der Waals surface area (Å²) in [6.07, 6.45) is 164. The lowest BCUT2D eigenvalue weighted by Gasteiger charge is -2.21. The average Bonchev–Trinajstić information content (AvgIpc) is 1.01. The van der Waals surface area contributed by atoms with Crippen LogP contribution in [0.5, 0.6) is 0 Å².